The molecule has 0 aliphatic heterocycles. The smallest absolute Gasteiger partial charge is 0.325 e. The maximum atomic E-state index is 11.4. The number of hydrogen-bond acceptors (Lipinski definition) is 4. The van der Waals surface area contributed by atoms with Gasteiger partial charge >= 0.3 is 5.97 Å². The van der Waals surface area contributed by atoms with Gasteiger partial charge in [0, 0.05) is 0 Å². The van der Waals surface area contributed by atoms with Crippen molar-refractivity contribution in [1.29, 1.82) is 0 Å². The Morgan fingerprint density at radius 2 is 1.94 bits per heavy atom. The number of aliphatic hydroxyl groups excluding tert-OH is 1. The fraction of sp³-hybridized carbons (Fsp3) is 0.917. The van der Waals surface area contributed by atoms with Crippen LogP contribution in [0, 0.1) is 0 Å². The lowest BCUT2D eigenvalue weighted by molar-refractivity contribution is -0.152. The van der Waals surface area contributed by atoms with Crippen molar-refractivity contribution in [3.05, 3.63) is 0 Å². The molecule has 4 heteroatoms. The molecule has 0 fully saturated rings. The van der Waals surface area contributed by atoms with E-state index >= 15 is 0 Å². The zero-order valence-electron chi connectivity index (χ0n) is 10.6. The van der Waals surface area contributed by atoms with E-state index in [1.807, 2.05) is 6.92 Å². The van der Waals surface area contributed by atoms with Crippen LogP contribution in [0.1, 0.15) is 52.9 Å². The van der Waals surface area contributed by atoms with Crippen molar-refractivity contribution in [2.24, 2.45) is 5.73 Å². The van der Waals surface area contributed by atoms with E-state index in [2.05, 4.69) is 6.92 Å². The molecule has 3 N–H and O–H groups in total. The van der Waals surface area contributed by atoms with Gasteiger partial charge in [0.1, 0.15) is 6.04 Å². The summed E-state index contributed by atoms with van der Waals surface area (Å²) in [6.45, 7) is 5.50. The third-order valence-corrected chi connectivity index (χ3v) is 2.57. The van der Waals surface area contributed by atoms with Crippen molar-refractivity contribution in [2.75, 3.05) is 0 Å². The van der Waals surface area contributed by atoms with E-state index in [0.29, 0.717) is 0 Å². The molecule has 0 saturated heterocycles. The highest BCUT2D eigenvalue weighted by Gasteiger charge is 2.21. The van der Waals surface area contributed by atoms with E-state index in [1.54, 1.807) is 0 Å². The first-order valence-corrected chi connectivity index (χ1v) is 6.13. The van der Waals surface area contributed by atoms with Gasteiger partial charge in [0.25, 0.3) is 0 Å². The normalized spacial score (nSPS) is 16.6. The van der Waals surface area contributed by atoms with Crippen LogP contribution in [0.3, 0.4) is 0 Å². The van der Waals surface area contributed by atoms with Crippen LogP contribution in [0.4, 0.5) is 0 Å². The Morgan fingerprint density at radius 1 is 1.31 bits per heavy atom. The molecule has 3 atom stereocenters. The van der Waals surface area contributed by atoms with Crippen LogP contribution >= 0.6 is 0 Å². The molecule has 0 heterocycles. The molecule has 0 aliphatic rings. The van der Waals surface area contributed by atoms with Gasteiger partial charge in [-0.1, -0.05) is 26.2 Å². The van der Waals surface area contributed by atoms with Crippen molar-refractivity contribution in [2.45, 2.75) is 71.1 Å². The summed E-state index contributed by atoms with van der Waals surface area (Å²) in [4.78, 5) is 11.4. The maximum absolute atomic E-state index is 11.4. The number of carbonyl (C=O) groups is 1. The second kappa shape index (κ2) is 8.53. The predicted octanol–water partition coefficient (Wildman–Crippen LogP) is 1.60. The van der Waals surface area contributed by atoms with Crippen molar-refractivity contribution < 1.29 is 14.6 Å². The van der Waals surface area contributed by atoms with Crippen LogP contribution in [0.15, 0.2) is 0 Å². The van der Waals surface area contributed by atoms with Gasteiger partial charge in [0.2, 0.25) is 0 Å². The van der Waals surface area contributed by atoms with Crippen LogP contribution in [0.25, 0.3) is 0 Å². The van der Waals surface area contributed by atoms with Crippen molar-refractivity contribution in [3.8, 4) is 0 Å². The first kappa shape index (κ1) is 15.4. The average molecular weight is 231 g/mol. The second-order valence-electron chi connectivity index (χ2n) is 4.36. The third-order valence-electron chi connectivity index (χ3n) is 2.57. The number of ether oxygens (including phenoxy) is 1. The molecule has 0 rings (SSSR count). The molecule has 0 radical (unpaired) electrons. The summed E-state index contributed by atoms with van der Waals surface area (Å²) in [5.74, 6) is -0.516. The van der Waals surface area contributed by atoms with Crippen LogP contribution < -0.4 is 5.73 Å². The summed E-state index contributed by atoms with van der Waals surface area (Å²) in [5.41, 5.74) is 5.46. The summed E-state index contributed by atoms with van der Waals surface area (Å²) in [7, 11) is 0. The maximum Gasteiger partial charge on any atom is 0.325 e. The number of unbranched alkanes of at least 4 members (excludes halogenated alkanes) is 3. The van der Waals surface area contributed by atoms with Crippen LogP contribution in [0.5, 0.6) is 0 Å². The number of rotatable bonds is 8. The summed E-state index contributed by atoms with van der Waals surface area (Å²) in [6.07, 6.45) is 4.52. The molecule has 0 spiro atoms. The van der Waals surface area contributed by atoms with Gasteiger partial charge in [-0.05, 0) is 26.7 Å². The first-order valence-electron chi connectivity index (χ1n) is 6.13. The van der Waals surface area contributed by atoms with E-state index in [0.717, 1.165) is 12.8 Å². The minimum atomic E-state index is -0.932. The van der Waals surface area contributed by atoms with Gasteiger partial charge < -0.3 is 15.6 Å². The number of nitrogens with two attached hydrogens (primary N) is 1. The Hall–Kier alpha value is -0.610. The number of esters is 1. The average Bonchev–Trinajstić information content (AvgIpc) is 2.23. The molecule has 0 aromatic carbocycles. The third kappa shape index (κ3) is 6.80. The minimum absolute atomic E-state index is 0.117. The van der Waals surface area contributed by atoms with Crippen molar-refractivity contribution in [1.82, 2.24) is 0 Å². The number of aliphatic hydroxyl groups is 1. The van der Waals surface area contributed by atoms with E-state index in [4.69, 9.17) is 15.6 Å². The molecule has 0 aromatic rings. The quantitative estimate of drug-likeness (QED) is 0.491. The second-order valence-corrected chi connectivity index (χ2v) is 4.36. The van der Waals surface area contributed by atoms with E-state index in [-0.39, 0.29) is 6.10 Å². The van der Waals surface area contributed by atoms with E-state index < -0.39 is 18.1 Å². The van der Waals surface area contributed by atoms with Gasteiger partial charge in [-0.15, -0.1) is 0 Å². The Balaban J connectivity index is 3.69. The topological polar surface area (TPSA) is 72.5 Å². The van der Waals surface area contributed by atoms with Crippen LogP contribution in [-0.2, 0) is 9.53 Å². The molecule has 16 heavy (non-hydrogen) atoms. The lowest BCUT2D eigenvalue weighted by atomic mass is 10.1. The molecule has 0 bridgehead atoms. The summed E-state index contributed by atoms with van der Waals surface area (Å²) >= 11 is 0. The Morgan fingerprint density at radius 3 is 2.44 bits per heavy atom. The van der Waals surface area contributed by atoms with Gasteiger partial charge in [-0.3, -0.25) is 4.79 Å². The molecule has 3 unspecified atom stereocenters. The number of hydrogen-bond donors (Lipinski definition) is 2. The molecular weight excluding hydrogens is 206 g/mol. The van der Waals surface area contributed by atoms with Crippen molar-refractivity contribution in [3.63, 3.8) is 0 Å². The van der Waals surface area contributed by atoms with Gasteiger partial charge in [0.15, 0.2) is 0 Å². The van der Waals surface area contributed by atoms with E-state index in [9.17, 15) is 4.79 Å². The fourth-order valence-electron chi connectivity index (χ4n) is 1.39. The Bertz CT molecular complexity index is 195. The van der Waals surface area contributed by atoms with Gasteiger partial charge in [0.05, 0.1) is 12.2 Å². The zero-order chi connectivity index (χ0) is 12.6. The Labute approximate surface area is 98.2 Å². The molecule has 0 saturated carbocycles. The standard InChI is InChI=1S/C12H25NO3/c1-4-5-6-7-8-9(2)16-12(15)11(13)10(3)14/h9-11,14H,4-8,13H2,1-3H3. The highest BCUT2D eigenvalue weighted by Crippen LogP contribution is 2.08. The lowest BCUT2D eigenvalue weighted by Crippen LogP contribution is -2.42. The van der Waals surface area contributed by atoms with Crippen molar-refractivity contribution >= 4 is 5.97 Å². The summed E-state index contributed by atoms with van der Waals surface area (Å²) in [5, 5.41) is 9.12. The largest absolute Gasteiger partial charge is 0.461 e. The summed E-state index contributed by atoms with van der Waals surface area (Å²) in [6, 6.07) is -0.932. The SMILES string of the molecule is CCCCCCC(C)OC(=O)C(N)C(C)O. The molecule has 4 nitrogen and oxygen atoms in total. The highest BCUT2D eigenvalue weighted by molar-refractivity contribution is 5.76. The minimum Gasteiger partial charge on any atom is -0.461 e. The van der Waals surface area contributed by atoms with E-state index in [1.165, 1.54) is 26.2 Å². The molecule has 0 amide bonds. The monoisotopic (exact) mass is 231 g/mol. The fourth-order valence-corrected chi connectivity index (χ4v) is 1.39. The summed E-state index contributed by atoms with van der Waals surface area (Å²) < 4.78 is 5.13. The first-order chi connectivity index (χ1) is 7.49. The lowest BCUT2D eigenvalue weighted by Gasteiger charge is -2.18. The van der Waals surface area contributed by atoms with Gasteiger partial charge in [-0.25, -0.2) is 0 Å². The van der Waals surface area contributed by atoms with Crippen LogP contribution in [0.2, 0.25) is 0 Å². The highest BCUT2D eigenvalue weighted by atomic mass is 16.5. The zero-order valence-corrected chi connectivity index (χ0v) is 10.6. The molecular formula is C12H25NO3. The molecule has 0 aromatic heterocycles. The van der Waals surface area contributed by atoms with Gasteiger partial charge in [-0.2, -0.15) is 0 Å². The predicted molar refractivity (Wildman–Crippen MR) is 64.0 cm³/mol. The molecule has 0 aliphatic carbocycles. The Kier molecular flexibility index (Phi) is 8.21. The molecule has 96 valence electrons. The van der Waals surface area contributed by atoms with Crippen LogP contribution in [-0.4, -0.2) is 29.3 Å². The number of carbonyl (C=O) groups excluding carboxylic acids is 1.